The van der Waals surface area contributed by atoms with Crippen molar-refractivity contribution in [2.45, 2.75) is 26.9 Å². The SMILES string of the molecule is CC1=CC2C=[N+](CC(F)(F)F)N=C2C(F)=C1C(C)C. The van der Waals surface area contributed by atoms with Crippen LogP contribution in [0.2, 0.25) is 0 Å². The first-order valence-corrected chi connectivity index (χ1v) is 6.04. The van der Waals surface area contributed by atoms with E-state index in [2.05, 4.69) is 5.10 Å². The third-order valence-electron chi connectivity index (χ3n) is 3.12. The Balaban J connectivity index is 2.35. The van der Waals surface area contributed by atoms with Crippen molar-refractivity contribution < 1.29 is 22.2 Å². The molecule has 0 fully saturated rings. The second kappa shape index (κ2) is 4.58. The molecule has 0 aromatic heterocycles. The number of halogens is 4. The van der Waals surface area contributed by atoms with Crippen molar-refractivity contribution in [3.05, 3.63) is 23.0 Å². The van der Waals surface area contributed by atoms with Gasteiger partial charge in [0.25, 0.3) is 6.54 Å². The van der Waals surface area contributed by atoms with Crippen LogP contribution in [0.5, 0.6) is 0 Å². The Hall–Kier alpha value is -1.46. The Morgan fingerprint density at radius 2 is 2.00 bits per heavy atom. The molecule has 1 aliphatic heterocycles. The highest BCUT2D eigenvalue weighted by Gasteiger charge is 2.41. The van der Waals surface area contributed by atoms with Crippen molar-refractivity contribution >= 4 is 11.9 Å². The maximum absolute atomic E-state index is 14.3. The normalized spacial score (nSPS) is 23.4. The average Bonchev–Trinajstić information content (AvgIpc) is 2.56. The minimum atomic E-state index is -4.35. The topological polar surface area (TPSA) is 15.4 Å². The molecule has 1 aliphatic carbocycles. The summed E-state index contributed by atoms with van der Waals surface area (Å²) < 4.78 is 52.0. The van der Waals surface area contributed by atoms with Crippen LogP contribution in [-0.4, -0.2) is 29.3 Å². The molecule has 2 aliphatic rings. The Morgan fingerprint density at radius 3 is 2.53 bits per heavy atom. The highest BCUT2D eigenvalue weighted by Crippen LogP contribution is 2.33. The molecule has 104 valence electrons. The lowest BCUT2D eigenvalue weighted by molar-refractivity contribution is -0.557. The number of nitrogens with zero attached hydrogens (tertiary/aromatic N) is 2. The molecule has 0 aromatic rings. The summed E-state index contributed by atoms with van der Waals surface area (Å²) >= 11 is 0. The zero-order valence-electron chi connectivity index (χ0n) is 10.9. The van der Waals surface area contributed by atoms with Gasteiger partial charge < -0.3 is 0 Å². The van der Waals surface area contributed by atoms with Gasteiger partial charge in [-0.1, -0.05) is 24.6 Å². The summed E-state index contributed by atoms with van der Waals surface area (Å²) in [5.41, 5.74) is 1.37. The average molecular weight is 275 g/mol. The molecule has 2 rings (SSSR count). The van der Waals surface area contributed by atoms with Crippen LogP contribution < -0.4 is 0 Å². The maximum Gasteiger partial charge on any atom is 0.451 e. The van der Waals surface area contributed by atoms with Crippen LogP contribution in [0.1, 0.15) is 20.8 Å². The van der Waals surface area contributed by atoms with Crippen molar-refractivity contribution in [3.63, 3.8) is 0 Å². The van der Waals surface area contributed by atoms with Crippen LogP contribution in [0.15, 0.2) is 28.2 Å². The third kappa shape index (κ3) is 2.77. The van der Waals surface area contributed by atoms with Crippen molar-refractivity contribution in [3.8, 4) is 0 Å². The monoisotopic (exact) mass is 275 g/mol. The predicted octanol–water partition coefficient (Wildman–Crippen LogP) is 3.46. The van der Waals surface area contributed by atoms with Gasteiger partial charge in [0, 0.05) is 0 Å². The number of alkyl halides is 3. The highest BCUT2D eigenvalue weighted by molar-refractivity contribution is 6.11. The lowest BCUT2D eigenvalue weighted by Crippen LogP contribution is -2.23. The van der Waals surface area contributed by atoms with Gasteiger partial charge in [-0.3, -0.25) is 0 Å². The first-order valence-electron chi connectivity index (χ1n) is 6.04. The Labute approximate surface area is 108 Å². The van der Waals surface area contributed by atoms with E-state index in [-0.39, 0.29) is 11.6 Å². The molecule has 0 spiro atoms. The molecule has 0 saturated carbocycles. The van der Waals surface area contributed by atoms with Crippen LogP contribution in [0, 0.1) is 11.8 Å². The van der Waals surface area contributed by atoms with Gasteiger partial charge >= 0.3 is 6.18 Å². The van der Waals surface area contributed by atoms with Crippen LogP contribution in [-0.2, 0) is 0 Å². The Morgan fingerprint density at radius 1 is 1.37 bits per heavy atom. The van der Waals surface area contributed by atoms with Gasteiger partial charge in [0.1, 0.15) is 5.92 Å². The quantitative estimate of drug-likeness (QED) is 0.542. The maximum atomic E-state index is 14.3. The largest absolute Gasteiger partial charge is 0.451 e. The molecule has 0 aromatic carbocycles. The van der Waals surface area contributed by atoms with Gasteiger partial charge in [-0.2, -0.15) is 13.2 Å². The number of hydrogen-bond acceptors (Lipinski definition) is 1. The number of hydrogen-bond donors (Lipinski definition) is 0. The van der Waals surface area contributed by atoms with E-state index in [9.17, 15) is 17.6 Å². The molecule has 0 saturated heterocycles. The van der Waals surface area contributed by atoms with Crippen LogP contribution in [0.3, 0.4) is 0 Å². The summed E-state index contributed by atoms with van der Waals surface area (Å²) in [5, 5.41) is 3.74. The van der Waals surface area contributed by atoms with Crippen molar-refractivity contribution in [1.82, 2.24) is 0 Å². The third-order valence-corrected chi connectivity index (χ3v) is 3.12. The molecular weight excluding hydrogens is 260 g/mol. The summed E-state index contributed by atoms with van der Waals surface area (Å²) in [6, 6.07) is 0. The van der Waals surface area contributed by atoms with E-state index in [1.165, 1.54) is 6.21 Å². The van der Waals surface area contributed by atoms with E-state index in [0.717, 1.165) is 10.3 Å². The molecule has 2 nitrogen and oxygen atoms in total. The molecule has 0 N–H and O–H groups in total. The van der Waals surface area contributed by atoms with E-state index in [0.29, 0.717) is 5.57 Å². The molecule has 0 amide bonds. The Bertz CT molecular complexity index is 521. The molecule has 0 bridgehead atoms. The molecule has 6 heteroatoms. The van der Waals surface area contributed by atoms with E-state index in [1.807, 2.05) is 13.8 Å². The van der Waals surface area contributed by atoms with Crippen LogP contribution >= 0.6 is 0 Å². The van der Waals surface area contributed by atoms with Gasteiger partial charge in [0.2, 0.25) is 0 Å². The minimum Gasteiger partial charge on any atom is -0.204 e. The molecule has 0 radical (unpaired) electrons. The van der Waals surface area contributed by atoms with Gasteiger partial charge in [-0.05, 0) is 29.1 Å². The van der Waals surface area contributed by atoms with Gasteiger partial charge in [-0.15, -0.1) is 0 Å². The van der Waals surface area contributed by atoms with Crippen LogP contribution in [0.25, 0.3) is 0 Å². The van der Waals surface area contributed by atoms with Crippen molar-refractivity contribution in [2.24, 2.45) is 16.9 Å². The second-order valence-corrected chi connectivity index (χ2v) is 5.10. The van der Waals surface area contributed by atoms with E-state index < -0.39 is 24.5 Å². The standard InChI is InChI=1S/C13H15F4N2/c1-7(2)10-8(3)4-9-5-19(6-13(15,16)17)18-12(9)11(10)14/h4-5,7,9H,6H2,1-3H3/q+1. The van der Waals surface area contributed by atoms with Gasteiger partial charge in [0.15, 0.2) is 17.8 Å². The molecule has 1 heterocycles. The van der Waals surface area contributed by atoms with E-state index >= 15 is 0 Å². The number of allylic oxidation sites excluding steroid dienone is 4. The zero-order valence-corrected chi connectivity index (χ0v) is 10.9. The zero-order chi connectivity index (χ0) is 14.4. The first kappa shape index (κ1) is 14.0. The fourth-order valence-corrected chi connectivity index (χ4v) is 2.46. The smallest absolute Gasteiger partial charge is 0.204 e. The van der Waals surface area contributed by atoms with Gasteiger partial charge in [0.05, 0.1) is 0 Å². The summed E-state index contributed by atoms with van der Waals surface area (Å²) in [6.45, 7) is 4.27. The second-order valence-electron chi connectivity index (χ2n) is 5.10. The molecule has 19 heavy (non-hydrogen) atoms. The lowest BCUT2D eigenvalue weighted by atomic mass is 9.84. The molecule has 1 unspecified atom stereocenters. The number of rotatable bonds is 2. The Kier molecular flexibility index (Phi) is 3.36. The predicted molar refractivity (Wildman–Crippen MR) is 64.9 cm³/mol. The summed E-state index contributed by atoms with van der Waals surface area (Å²) in [7, 11) is 0. The van der Waals surface area contributed by atoms with Crippen molar-refractivity contribution in [2.75, 3.05) is 6.54 Å². The van der Waals surface area contributed by atoms with Crippen LogP contribution in [0.4, 0.5) is 17.6 Å². The van der Waals surface area contributed by atoms with Gasteiger partial charge in [-0.25, -0.2) is 4.39 Å². The first-order chi connectivity index (χ1) is 8.69. The fraction of sp³-hybridized carbons (Fsp3) is 0.538. The fourth-order valence-electron chi connectivity index (χ4n) is 2.46. The molecule has 1 atom stereocenters. The number of fused-ring (bicyclic) bond motifs is 1. The highest BCUT2D eigenvalue weighted by atomic mass is 19.4. The van der Waals surface area contributed by atoms with E-state index in [4.69, 9.17) is 0 Å². The summed E-state index contributed by atoms with van der Waals surface area (Å²) in [6.07, 6.45) is -1.29. The molecular formula is C13H15F4N2+. The van der Waals surface area contributed by atoms with E-state index in [1.54, 1.807) is 13.0 Å². The summed E-state index contributed by atoms with van der Waals surface area (Å²) in [4.78, 5) is 0. The summed E-state index contributed by atoms with van der Waals surface area (Å²) in [5.74, 6) is -1.01. The number of hydrazone groups is 1. The minimum absolute atomic E-state index is 0.0310. The lowest BCUT2D eigenvalue weighted by Gasteiger charge is -2.19. The van der Waals surface area contributed by atoms with Crippen molar-refractivity contribution in [1.29, 1.82) is 0 Å².